The van der Waals surface area contributed by atoms with Crippen LogP contribution in [0.3, 0.4) is 0 Å². The second-order valence-corrected chi connectivity index (χ2v) is 6.69. The smallest absolute Gasteiger partial charge is 0.0946 e. The molecule has 1 heterocycles. The van der Waals surface area contributed by atoms with Crippen molar-refractivity contribution in [3.8, 4) is 0 Å². The molecule has 0 aliphatic carbocycles. The minimum Gasteiger partial charge on any atom is -0.313 e. The minimum atomic E-state index is 0.323. The molecule has 0 saturated carbocycles. The molecule has 1 unspecified atom stereocenters. The fourth-order valence-corrected chi connectivity index (χ4v) is 2.90. The van der Waals surface area contributed by atoms with Crippen molar-refractivity contribution < 1.29 is 0 Å². The lowest BCUT2D eigenvalue weighted by Crippen LogP contribution is -2.43. The maximum Gasteiger partial charge on any atom is 0.0946 e. The Labute approximate surface area is 110 Å². The number of likely N-dealkylation sites (N-methyl/N-ethyl adjacent to an activating group) is 1. The molecule has 1 N–H and O–H groups in total. The van der Waals surface area contributed by atoms with Crippen molar-refractivity contribution in [1.29, 1.82) is 0 Å². The molecular formula is C14H26N2S. The summed E-state index contributed by atoms with van der Waals surface area (Å²) in [7, 11) is 0. The fourth-order valence-electron chi connectivity index (χ4n) is 1.92. The van der Waals surface area contributed by atoms with Crippen LogP contribution in [0.2, 0.25) is 0 Å². The lowest BCUT2D eigenvalue weighted by Gasteiger charge is -2.33. The number of hydrogen-bond donors (Lipinski definition) is 1. The lowest BCUT2D eigenvalue weighted by atomic mass is 9.80. The van der Waals surface area contributed by atoms with Gasteiger partial charge in [-0.1, -0.05) is 27.7 Å². The molecule has 0 amide bonds. The summed E-state index contributed by atoms with van der Waals surface area (Å²) >= 11 is 1.84. The average Bonchev–Trinajstić information content (AvgIpc) is 2.57. The van der Waals surface area contributed by atoms with Crippen LogP contribution in [0.25, 0.3) is 0 Å². The standard InChI is InChI=1S/C14H26N2S/c1-7-14(5,6)12(15-8-2)9-13-16-10(3)11(4)17-13/h12,15H,7-9H2,1-6H3. The van der Waals surface area contributed by atoms with Gasteiger partial charge in [0.25, 0.3) is 0 Å². The Hall–Kier alpha value is -0.410. The Balaban J connectivity index is 2.79. The molecule has 0 bridgehead atoms. The molecule has 0 saturated heterocycles. The number of aryl methyl sites for hydroxylation is 2. The first-order valence-electron chi connectivity index (χ1n) is 6.57. The van der Waals surface area contributed by atoms with Gasteiger partial charge in [0.2, 0.25) is 0 Å². The number of aromatic nitrogens is 1. The molecule has 1 atom stereocenters. The highest BCUT2D eigenvalue weighted by atomic mass is 32.1. The predicted molar refractivity (Wildman–Crippen MR) is 76.8 cm³/mol. The molecule has 0 spiro atoms. The number of nitrogens with zero attached hydrogens (tertiary/aromatic N) is 1. The maximum absolute atomic E-state index is 4.66. The third kappa shape index (κ3) is 3.78. The topological polar surface area (TPSA) is 24.9 Å². The predicted octanol–water partition coefficient (Wildman–Crippen LogP) is 3.72. The van der Waals surface area contributed by atoms with E-state index in [0.29, 0.717) is 11.5 Å². The van der Waals surface area contributed by atoms with Crippen molar-refractivity contribution in [3.63, 3.8) is 0 Å². The van der Waals surface area contributed by atoms with Crippen molar-refractivity contribution in [2.75, 3.05) is 6.54 Å². The zero-order valence-electron chi connectivity index (χ0n) is 12.1. The zero-order chi connectivity index (χ0) is 13.1. The van der Waals surface area contributed by atoms with E-state index in [-0.39, 0.29) is 0 Å². The Bertz CT molecular complexity index is 336. The van der Waals surface area contributed by atoms with Crippen LogP contribution in [0.4, 0.5) is 0 Å². The quantitative estimate of drug-likeness (QED) is 0.837. The first-order valence-corrected chi connectivity index (χ1v) is 7.38. The summed E-state index contributed by atoms with van der Waals surface area (Å²) in [4.78, 5) is 6.01. The normalized spacial score (nSPS) is 14.0. The van der Waals surface area contributed by atoms with Crippen LogP contribution in [-0.4, -0.2) is 17.6 Å². The Morgan fingerprint density at radius 1 is 1.29 bits per heavy atom. The summed E-state index contributed by atoms with van der Waals surface area (Å²) in [6.07, 6.45) is 2.24. The number of rotatable bonds is 6. The largest absolute Gasteiger partial charge is 0.313 e. The summed E-state index contributed by atoms with van der Waals surface area (Å²) in [6, 6.07) is 0.516. The van der Waals surface area contributed by atoms with E-state index in [1.807, 2.05) is 11.3 Å². The van der Waals surface area contributed by atoms with Crippen molar-refractivity contribution >= 4 is 11.3 Å². The first-order chi connectivity index (χ1) is 7.90. The Morgan fingerprint density at radius 3 is 2.35 bits per heavy atom. The fraction of sp³-hybridized carbons (Fsp3) is 0.786. The number of hydrogen-bond acceptors (Lipinski definition) is 3. The van der Waals surface area contributed by atoms with E-state index in [0.717, 1.165) is 13.0 Å². The molecule has 1 aromatic heterocycles. The van der Waals surface area contributed by atoms with Crippen molar-refractivity contribution in [1.82, 2.24) is 10.3 Å². The van der Waals surface area contributed by atoms with Crippen LogP contribution in [0, 0.1) is 19.3 Å². The van der Waals surface area contributed by atoms with Crippen LogP contribution in [0.15, 0.2) is 0 Å². The van der Waals surface area contributed by atoms with E-state index in [2.05, 4.69) is 51.8 Å². The van der Waals surface area contributed by atoms with Gasteiger partial charge in [0.1, 0.15) is 0 Å². The van der Waals surface area contributed by atoms with Crippen LogP contribution in [0.1, 0.15) is 49.7 Å². The second-order valence-electron chi connectivity index (χ2n) is 5.41. The van der Waals surface area contributed by atoms with Gasteiger partial charge in [0.15, 0.2) is 0 Å². The lowest BCUT2D eigenvalue weighted by molar-refractivity contribution is 0.232. The molecule has 1 aromatic rings. The van der Waals surface area contributed by atoms with Crippen molar-refractivity contribution in [2.24, 2.45) is 5.41 Å². The van der Waals surface area contributed by atoms with Gasteiger partial charge in [-0.15, -0.1) is 11.3 Å². The molecular weight excluding hydrogens is 228 g/mol. The molecule has 0 fully saturated rings. The third-order valence-corrected chi connectivity index (χ3v) is 4.85. The molecule has 0 aromatic carbocycles. The van der Waals surface area contributed by atoms with E-state index in [1.165, 1.54) is 22.0 Å². The van der Waals surface area contributed by atoms with Gasteiger partial charge in [-0.05, 0) is 32.2 Å². The highest BCUT2D eigenvalue weighted by Gasteiger charge is 2.28. The summed E-state index contributed by atoms with van der Waals surface area (Å²) in [5.41, 5.74) is 1.51. The molecule has 0 radical (unpaired) electrons. The van der Waals surface area contributed by atoms with Gasteiger partial charge in [0.05, 0.1) is 10.7 Å². The van der Waals surface area contributed by atoms with Crippen LogP contribution >= 0.6 is 11.3 Å². The summed E-state index contributed by atoms with van der Waals surface area (Å²) in [5.74, 6) is 0. The van der Waals surface area contributed by atoms with E-state index in [4.69, 9.17) is 0 Å². The minimum absolute atomic E-state index is 0.323. The molecule has 3 heteroatoms. The van der Waals surface area contributed by atoms with Gasteiger partial charge in [-0.3, -0.25) is 0 Å². The second kappa shape index (κ2) is 5.96. The van der Waals surface area contributed by atoms with Crippen LogP contribution < -0.4 is 5.32 Å². The molecule has 1 rings (SSSR count). The molecule has 0 aliphatic rings. The van der Waals surface area contributed by atoms with Crippen LogP contribution in [0.5, 0.6) is 0 Å². The Kier molecular flexibility index (Phi) is 5.14. The summed E-state index contributed by atoms with van der Waals surface area (Å²) in [5, 5.41) is 4.89. The molecule has 17 heavy (non-hydrogen) atoms. The Morgan fingerprint density at radius 2 is 1.94 bits per heavy atom. The van der Waals surface area contributed by atoms with Gasteiger partial charge >= 0.3 is 0 Å². The van der Waals surface area contributed by atoms with E-state index < -0.39 is 0 Å². The number of thiazole rings is 1. The zero-order valence-corrected chi connectivity index (χ0v) is 12.9. The molecule has 2 nitrogen and oxygen atoms in total. The monoisotopic (exact) mass is 254 g/mol. The highest BCUT2D eigenvalue weighted by Crippen LogP contribution is 2.29. The van der Waals surface area contributed by atoms with E-state index in [9.17, 15) is 0 Å². The first kappa shape index (κ1) is 14.7. The van der Waals surface area contributed by atoms with Crippen LogP contribution in [-0.2, 0) is 6.42 Å². The van der Waals surface area contributed by atoms with Crippen molar-refractivity contribution in [3.05, 3.63) is 15.6 Å². The molecule has 0 aliphatic heterocycles. The molecule has 98 valence electrons. The highest BCUT2D eigenvalue weighted by molar-refractivity contribution is 7.11. The summed E-state index contributed by atoms with van der Waals surface area (Å²) < 4.78 is 0. The van der Waals surface area contributed by atoms with E-state index >= 15 is 0 Å². The maximum atomic E-state index is 4.66. The van der Waals surface area contributed by atoms with Gasteiger partial charge in [-0.25, -0.2) is 4.98 Å². The van der Waals surface area contributed by atoms with Crippen molar-refractivity contribution in [2.45, 2.75) is 60.4 Å². The van der Waals surface area contributed by atoms with E-state index in [1.54, 1.807) is 0 Å². The summed E-state index contributed by atoms with van der Waals surface area (Å²) in [6.45, 7) is 14.4. The number of nitrogens with one attached hydrogen (secondary N) is 1. The van der Waals surface area contributed by atoms with Gasteiger partial charge in [0, 0.05) is 17.3 Å². The van der Waals surface area contributed by atoms with Gasteiger partial charge < -0.3 is 5.32 Å². The average molecular weight is 254 g/mol. The van der Waals surface area contributed by atoms with Gasteiger partial charge in [-0.2, -0.15) is 0 Å². The SMILES string of the molecule is CCNC(Cc1nc(C)c(C)s1)C(C)(C)CC. The third-order valence-electron chi connectivity index (χ3n) is 3.76.